The summed E-state index contributed by atoms with van der Waals surface area (Å²) >= 11 is 0. The van der Waals surface area contributed by atoms with E-state index in [9.17, 15) is 5.11 Å². The van der Waals surface area contributed by atoms with Gasteiger partial charge in [-0.1, -0.05) is 13.8 Å². The Bertz CT molecular complexity index is 1370. The molecule has 1 fully saturated rings. The molecule has 7 nitrogen and oxygen atoms in total. The molecule has 0 atom stereocenters. The molecule has 1 aliphatic rings. The fraction of sp³-hybridized carbons (Fsp3) is 0.552. The maximum Gasteiger partial charge on any atom is 0.197 e. The van der Waals surface area contributed by atoms with Gasteiger partial charge in [0.1, 0.15) is 6.33 Å². The Morgan fingerprint density at radius 1 is 1.19 bits per heavy atom. The van der Waals surface area contributed by atoms with Crippen LogP contribution in [0.3, 0.4) is 0 Å². The van der Waals surface area contributed by atoms with E-state index in [0.29, 0.717) is 29.2 Å². The first-order valence-corrected chi connectivity index (χ1v) is 13.3. The maximum absolute atomic E-state index is 10.1. The van der Waals surface area contributed by atoms with Crippen LogP contribution in [0, 0.1) is 12.8 Å². The Balaban J connectivity index is 1.49. The van der Waals surface area contributed by atoms with Crippen LogP contribution in [0.5, 0.6) is 5.75 Å². The van der Waals surface area contributed by atoms with Gasteiger partial charge < -0.3 is 14.8 Å². The summed E-state index contributed by atoms with van der Waals surface area (Å²) < 4.78 is 7.39. The van der Waals surface area contributed by atoms with Crippen LogP contribution in [0.1, 0.15) is 94.9 Å². The molecule has 4 aromatic heterocycles. The Labute approximate surface area is 213 Å². The Hall–Kier alpha value is -2.93. The lowest BCUT2D eigenvalue weighted by atomic mass is 9.77. The molecule has 7 heteroatoms. The monoisotopic (exact) mass is 489 g/mol. The van der Waals surface area contributed by atoms with Crippen LogP contribution in [-0.4, -0.2) is 42.4 Å². The van der Waals surface area contributed by atoms with Crippen molar-refractivity contribution < 1.29 is 9.84 Å². The number of nitrogens with one attached hydrogen (secondary N) is 1. The molecule has 0 aromatic carbocycles. The van der Waals surface area contributed by atoms with E-state index < -0.39 is 5.60 Å². The van der Waals surface area contributed by atoms with Crippen LogP contribution in [0.2, 0.25) is 0 Å². The number of aromatic amines is 1. The second-order valence-electron chi connectivity index (χ2n) is 11.5. The van der Waals surface area contributed by atoms with Crippen LogP contribution in [0.15, 0.2) is 24.7 Å². The zero-order valence-corrected chi connectivity index (χ0v) is 22.4. The van der Waals surface area contributed by atoms with Crippen LogP contribution in [0.25, 0.3) is 27.9 Å². The fourth-order valence-corrected chi connectivity index (χ4v) is 5.92. The second-order valence-corrected chi connectivity index (χ2v) is 11.5. The van der Waals surface area contributed by atoms with Crippen LogP contribution in [-0.2, 0) is 0 Å². The molecule has 1 saturated carbocycles. The van der Waals surface area contributed by atoms with Gasteiger partial charge in [0.2, 0.25) is 0 Å². The molecule has 0 saturated heterocycles. The third kappa shape index (κ3) is 4.73. The van der Waals surface area contributed by atoms with Crippen molar-refractivity contribution in [1.29, 1.82) is 0 Å². The van der Waals surface area contributed by atoms with Crippen molar-refractivity contribution in [3.63, 3.8) is 0 Å². The molecule has 4 heterocycles. The SMILES string of the molecule is COc1cc(-c2[nH]c3cc(C)c(C4CCC(CCC(C)(C)O)CC4)nc3c2C(C)C)cn2ncnc12. The summed E-state index contributed by atoms with van der Waals surface area (Å²) in [6.07, 6.45) is 10.3. The smallest absolute Gasteiger partial charge is 0.197 e. The Kier molecular flexibility index (Phi) is 6.54. The predicted molar refractivity (Wildman–Crippen MR) is 144 cm³/mol. The van der Waals surface area contributed by atoms with Crippen molar-refractivity contribution >= 4 is 16.7 Å². The lowest BCUT2D eigenvalue weighted by Gasteiger charge is -2.30. The highest BCUT2D eigenvalue weighted by molar-refractivity contribution is 5.89. The van der Waals surface area contributed by atoms with Gasteiger partial charge in [-0.2, -0.15) is 5.10 Å². The molecule has 1 aliphatic carbocycles. The number of nitrogens with zero attached hydrogens (tertiary/aromatic N) is 4. The number of H-pyrrole nitrogens is 1. The van der Waals surface area contributed by atoms with Gasteiger partial charge in [-0.3, -0.25) is 4.98 Å². The first-order valence-electron chi connectivity index (χ1n) is 13.3. The van der Waals surface area contributed by atoms with Crippen LogP contribution in [0.4, 0.5) is 0 Å². The van der Waals surface area contributed by atoms with Gasteiger partial charge in [0.25, 0.3) is 0 Å². The highest BCUT2D eigenvalue weighted by Crippen LogP contribution is 2.41. The highest BCUT2D eigenvalue weighted by atomic mass is 16.5. The minimum Gasteiger partial charge on any atom is -0.493 e. The Morgan fingerprint density at radius 2 is 1.94 bits per heavy atom. The number of rotatable bonds is 7. The third-order valence-electron chi connectivity index (χ3n) is 7.86. The molecule has 2 N–H and O–H groups in total. The quantitative estimate of drug-likeness (QED) is 0.308. The topological polar surface area (TPSA) is 88.3 Å². The Morgan fingerprint density at radius 3 is 2.61 bits per heavy atom. The molecule has 5 rings (SSSR count). The van der Waals surface area contributed by atoms with Crippen molar-refractivity contribution in [3.8, 4) is 17.0 Å². The lowest BCUT2D eigenvalue weighted by Crippen LogP contribution is -2.22. The summed E-state index contributed by atoms with van der Waals surface area (Å²) in [5.74, 6) is 2.21. The molecule has 0 unspecified atom stereocenters. The van der Waals surface area contributed by atoms with Crippen molar-refractivity contribution in [2.24, 2.45) is 5.92 Å². The van der Waals surface area contributed by atoms with E-state index in [4.69, 9.17) is 9.72 Å². The molecule has 0 aliphatic heterocycles. The van der Waals surface area contributed by atoms with Gasteiger partial charge in [0, 0.05) is 28.9 Å². The standard InChI is InChI=1S/C29H39N5O2/c1-17(2)24-26(21-14-23(36-6)28-30-16-31-34(28)15-21)32-22-13-18(3)25(33-27(22)24)20-9-7-19(8-10-20)11-12-29(4,5)35/h13-17,19-20,32,35H,7-12H2,1-6H3. The second kappa shape index (κ2) is 9.51. The van der Waals surface area contributed by atoms with Gasteiger partial charge in [0.15, 0.2) is 11.4 Å². The molecular weight excluding hydrogens is 450 g/mol. The van der Waals surface area contributed by atoms with Gasteiger partial charge in [0.05, 0.1) is 29.4 Å². The summed E-state index contributed by atoms with van der Waals surface area (Å²) in [4.78, 5) is 13.3. The highest BCUT2D eigenvalue weighted by Gasteiger charge is 2.27. The number of hydrogen-bond acceptors (Lipinski definition) is 5. The van der Waals surface area contributed by atoms with E-state index in [2.05, 4.69) is 41.9 Å². The normalized spacial score (nSPS) is 19.0. The minimum atomic E-state index is -0.568. The fourth-order valence-electron chi connectivity index (χ4n) is 5.92. The van der Waals surface area contributed by atoms with E-state index in [1.807, 2.05) is 26.1 Å². The van der Waals surface area contributed by atoms with Gasteiger partial charge >= 0.3 is 0 Å². The largest absolute Gasteiger partial charge is 0.493 e. The zero-order chi connectivity index (χ0) is 25.6. The summed E-state index contributed by atoms with van der Waals surface area (Å²) in [6, 6.07) is 4.31. The van der Waals surface area contributed by atoms with Gasteiger partial charge in [-0.05, 0) is 88.8 Å². The number of hydrogen-bond donors (Lipinski definition) is 2. The number of pyridine rings is 2. The molecule has 0 radical (unpaired) electrons. The minimum absolute atomic E-state index is 0.298. The summed E-state index contributed by atoms with van der Waals surface area (Å²) in [5.41, 5.74) is 8.10. The third-order valence-corrected chi connectivity index (χ3v) is 7.86. The van der Waals surface area contributed by atoms with Crippen molar-refractivity contribution in [2.75, 3.05) is 7.11 Å². The lowest BCUT2D eigenvalue weighted by molar-refractivity contribution is 0.0608. The first kappa shape index (κ1) is 24.8. The van der Waals surface area contributed by atoms with E-state index in [0.717, 1.165) is 35.1 Å². The van der Waals surface area contributed by atoms with E-state index in [-0.39, 0.29) is 0 Å². The van der Waals surface area contributed by atoms with Crippen LogP contribution < -0.4 is 4.74 Å². The zero-order valence-electron chi connectivity index (χ0n) is 22.4. The summed E-state index contributed by atoms with van der Waals surface area (Å²) in [5, 5.41) is 14.5. The van der Waals surface area contributed by atoms with E-state index in [1.54, 1.807) is 18.0 Å². The molecular formula is C29H39N5O2. The first-order chi connectivity index (χ1) is 17.1. The number of aromatic nitrogens is 5. The molecule has 192 valence electrons. The number of methoxy groups -OCH3 is 1. The molecule has 4 aromatic rings. The van der Waals surface area contributed by atoms with E-state index >= 15 is 0 Å². The summed E-state index contributed by atoms with van der Waals surface area (Å²) in [7, 11) is 1.67. The summed E-state index contributed by atoms with van der Waals surface area (Å²) in [6.45, 7) is 10.5. The van der Waals surface area contributed by atoms with Gasteiger partial charge in [-0.25, -0.2) is 9.50 Å². The van der Waals surface area contributed by atoms with Crippen molar-refractivity contribution in [2.45, 2.75) is 90.6 Å². The maximum atomic E-state index is 10.1. The molecule has 0 spiro atoms. The number of ether oxygens (including phenoxy) is 1. The van der Waals surface area contributed by atoms with E-state index in [1.165, 1.54) is 42.5 Å². The number of aryl methyl sites for hydroxylation is 1. The van der Waals surface area contributed by atoms with Crippen LogP contribution >= 0.6 is 0 Å². The number of fused-ring (bicyclic) bond motifs is 2. The van der Waals surface area contributed by atoms with Crippen molar-refractivity contribution in [3.05, 3.63) is 41.5 Å². The molecule has 0 bridgehead atoms. The van der Waals surface area contributed by atoms with Crippen molar-refractivity contribution in [1.82, 2.24) is 24.6 Å². The molecule has 36 heavy (non-hydrogen) atoms. The average Bonchev–Trinajstić information content (AvgIpc) is 3.45. The predicted octanol–water partition coefficient (Wildman–Crippen LogP) is 6.54. The van der Waals surface area contributed by atoms with Gasteiger partial charge in [-0.15, -0.1) is 0 Å². The number of aliphatic hydroxyl groups is 1. The molecule has 0 amide bonds. The average molecular weight is 490 g/mol.